The number of hydrogen-bond donors (Lipinski definition) is 0. The number of aromatic nitrogens is 3. The molecule has 4 nitrogen and oxygen atoms in total. The van der Waals surface area contributed by atoms with Crippen molar-refractivity contribution in [3.63, 3.8) is 0 Å². The molecule has 0 aliphatic rings. The third kappa shape index (κ3) is 2.39. The Morgan fingerprint density at radius 1 is 1.40 bits per heavy atom. The molecular formula is C14H14ClN3OS. The molecule has 1 aromatic carbocycles. The second-order valence-corrected chi connectivity index (χ2v) is 6.05. The van der Waals surface area contributed by atoms with Crippen molar-refractivity contribution in [2.75, 3.05) is 7.11 Å². The fraction of sp³-hybridized carbons (Fsp3) is 0.286. The van der Waals surface area contributed by atoms with Gasteiger partial charge in [-0.2, -0.15) is 0 Å². The Balaban J connectivity index is 2.08. The lowest BCUT2D eigenvalue weighted by Gasteiger charge is -2.05. The van der Waals surface area contributed by atoms with Crippen LogP contribution in [0.1, 0.15) is 15.7 Å². The van der Waals surface area contributed by atoms with Crippen molar-refractivity contribution in [3.05, 3.63) is 40.1 Å². The second kappa shape index (κ2) is 5.42. The van der Waals surface area contributed by atoms with Crippen molar-refractivity contribution < 1.29 is 4.74 Å². The van der Waals surface area contributed by atoms with Gasteiger partial charge in [0.1, 0.15) is 16.6 Å². The fourth-order valence-corrected chi connectivity index (χ4v) is 3.15. The average Bonchev–Trinajstić information content (AvgIpc) is 3.02. The van der Waals surface area contributed by atoms with Crippen molar-refractivity contribution in [3.8, 4) is 5.75 Å². The van der Waals surface area contributed by atoms with Crippen LogP contribution in [0.2, 0.25) is 0 Å². The Kier molecular flexibility index (Phi) is 3.63. The third-order valence-electron chi connectivity index (χ3n) is 3.12. The van der Waals surface area contributed by atoms with Crippen molar-refractivity contribution in [2.24, 2.45) is 0 Å². The maximum Gasteiger partial charge on any atom is 0.125 e. The number of rotatable bonds is 4. The van der Waals surface area contributed by atoms with Gasteiger partial charge in [0.2, 0.25) is 0 Å². The Labute approximate surface area is 126 Å². The van der Waals surface area contributed by atoms with Gasteiger partial charge in [0.15, 0.2) is 0 Å². The lowest BCUT2D eigenvalue weighted by molar-refractivity contribution is 0.415. The molecule has 0 aliphatic heterocycles. The minimum absolute atomic E-state index is 0.376. The summed E-state index contributed by atoms with van der Waals surface area (Å²) in [5.41, 5.74) is 1.95. The molecule has 0 unspecified atom stereocenters. The van der Waals surface area contributed by atoms with Gasteiger partial charge < -0.3 is 9.30 Å². The van der Waals surface area contributed by atoms with Crippen LogP contribution in [0.25, 0.3) is 11.0 Å². The van der Waals surface area contributed by atoms with Crippen molar-refractivity contribution in [1.29, 1.82) is 0 Å². The van der Waals surface area contributed by atoms with Crippen LogP contribution < -0.4 is 4.74 Å². The van der Waals surface area contributed by atoms with E-state index in [4.69, 9.17) is 16.3 Å². The zero-order chi connectivity index (χ0) is 14.1. The van der Waals surface area contributed by atoms with E-state index >= 15 is 0 Å². The maximum absolute atomic E-state index is 6.02. The number of thiazole rings is 1. The number of methoxy groups -OCH3 is 1. The predicted octanol–water partition coefficient (Wildman–Crippen LogP) is 3.60. The van der Waals surface area contributed by atoms with E-state index in [0.717, 1.165) is 27.6 Å². The SMILES string of the molecule is COc1ccc2c(c1)nc(CCl)n2Cc1ncc(C)s1. The molecule has 2 aromatic heterocycles. The topological polar surface area (TPSA) is 39.9 Å². The monoisotopic (exact) mass is 307 g/mol. The Hall–Kier alpha value is -1.59. The van der Waals surface area contributed by atoms with Gasteiger partial charge in [-0.05, 0) is 19.1 Å². The summed E-state index contributed by atoms with van der Waals surface area (Å²) in [6.45, 7) is 2.75. The van der Waals surface area contributed by atoms with Crippen LogP contribution in [0, 0.1) is 6.92 Å². The molecular weight excluding hydrogens is 294 g/mol. The highest BCUT2D eigenvalue weighted by Crippen LogP contribution is 2.24. The number of aryl methyl sites for hydroxylation is 1. The van der Waals surface area contributed by atoms with Crippen LogP contribution in [0.5, 0.6) is 5.75 Å². The molecule has 0 saturated carbocycles. The summed E-state index contributed by atoms with van der Waals surface area (Å²) in [6, 6.07) is 5.87. The second-order valence-electron chi connectivity index (χ2n) is 4.47. The average molecular weight is 308 g/mol. The van der Waals surface area contributed by atoms with E-state index in [1.807, 2.05) is 24.4 Å². The fourth-order valence-electron chi connectivity index (χ4n) is 2.17. The lowest BCUT2D eigenvalue weighted by Crippen LogP contribution is -2.03. The van der Waals surface area contributed by atoms with Gasteiger partial charge in [-0.3, -0.25) is 0 Å². The molecule has 0 N–H and O–H groups in total. The highest BCUT2D eigenvalue weighted by Gasteiger charge is 2.12. The zero-order valence-electron chi connectivity index (χ0n) is 11.3. The first-order valence-corrected chi connectivity index (χ1v) is 7.57. The first-order valence-electron chi connectivity index (χ1n) is 6.21. The molecule has 0 aliphatic carbocycles. The molecule has 0 amide bonds. The first-order chi connectivity index (χ1) is 9.71. The third-order valence-corrected chi connectivity index (χ3v) is 4.25. The zero-order valence-corrected chi connectivity index (χ0v) is 12.8. The molecule has 0 fully saturated rings. The number of alkyl halides is 1. The maximum atomic E-state index is 6.02. The quantitative estimate of drug-likeness (QED) is 0.691. The molecule has 0 radical (unpaired) electrons. The van der Waals surface area contributed by atoms with Crippen LogP contribution >= 0.6 is 22.9 Å². The Morgan fingerprint density at radius 3 is 2.90 bits per heavy atom. The summed E-state index contributed by atoms with van der Waals surface area (Å²) < 4.78 is 7.35. The molecule has 20 heavy (non-hydrogen) atoms. The van der Waals surface area contributed by atoms with Gasteiger partial charge in [-0.1, -0.05) is 0 Å². The van der Waals surface area contributed by atoms with Gasteiger partial charge in [-0.25, -0.2) is 9.97 Å². The summed E-state index contributed by atoms with van der Waals surface area (Å²) >= 11 is 7.71. The molecule has 0 atom stereocenters. The van der Waals surface area contributed by atoms with Crippen LogP contribution in [0.4, 0.5) is 0 Å². The highest BCUT2D eigenvalue weighted by atomic mass is 35.5. The number of halogens is 1. The van der Waals surface area contributed by atoms with Crippen LogP contribution in [-0.2, 0) is 12.4 Å². The van der Waals surface area contributed by atoms with E-state index in [2.05, 4.69) is 21.5 Å². The summed E-state index contributed by atoms with van der Waals surface area (Å²) in [5, 5.41) is 1.06. The number of fused-ring (bicyclic) bond motifs is 1. The van der Waals surface area contributed by atoms with Gasteiger partial charge in [0, 0.05) is 17.1 Å². The number of nitrogens with zero attached hydrogens (tertiary/aromatic N) is 3. The largest absolute Gasteiger partial charge is 0.497 e. The molecule has 104 valence electrons. The van der Waals surface area contributed by atoms with E-state index in [1.165, 1.54) is 4.88 Å². The molecule has 2 heterocycles. The van der Waals surface area contributed by atoms with Gasteiger partial charge in [-0.15, -0.1) is 22.9 Å². The van der Waals surface area contributed by atoms with Crippen molar-refractivity contribution in [1.82, 2.24) is 14.5 Å². The van der Waals surface area contributed by atoms with Crippen LogP contribution in [0.15, 0.2) is 24.4 Å². The number of benzene rings is 1. The highest BCUT2D eigenvalue weighted by molar-refractivity contribution is 7.11. The molecule has 0 bridgehead atoms. The van der Waals surface area contributed by atoms with Crippen molar-refractivity contribution >= 4 is 34.0 Å². The summed E-state index contributed by atoms with van der Waals surface area (Å²) in [6.07, 6.45) is 1.89. The molecule has 3 rings (SSSR count). The normalized spacial score (nSPS) is 11.2. The Bertz CT molecular complexity index is 750. The number of hydrogen-bond acceptors (Lipinski definition) is 4. The van der Waals surface area contributed by atoms with E-state index in [1.54, 1.807) is 18.4 Å². The predicted molar refractivity (Wildman–Crippen MR) is 81.8 cm³/mol. The number of ether oxygens (including phenoxy) is 1. The molecule has 3 aromatic rings. The van der Waals surface area contributed by atoms with E-state index in [0.29, 0.717) is 12.4 Å². The molecule has 6 heteroatoms. The van der Waals surface area contributed by atoms with Crippen LogP contribution in [0.3, 0.4) is 0 Å². The standard InChI is InChI=1S/C14H14ClN3OS/c1-9-7-16-14(20-9)8-18-12-4-3-10(19-2)5-11(12)17-13(18)6-15/h3-5,7H,6,8H2,1-2H3. The summed E-state index contributed by atoms with van der Waals surface area (Å²) in [4.78, 5) is 10.2. The lowest BCUT2D eigenvalue weighted by atomic mass is 10.3. The van der Waals surface area contributed by atoms with Gasteiger partial charge in [0.25, 0.3) is 0 Å². The van der Waals surface area contributed by atoms with Gasteiger partial charge in [0.05, 0.1) is 30.6 Å². The van der Waals surface area contributed by atoms with Crippen molar-refractivity contribution in [2.45, 2.75) is 19.3 Å². The minimum Gasteiger partial charge on any atom is -0.497 e. The first kappa shape index (κ1) is 13.4. The summed E-state index contributed by atoms with van der Waals surface area (Å²) in [5.74, 6) is 2.03. The van der Waals surface area contributed by atoms with E-state index < -0.39 is 0 Å². The van der Waals surface area contributed by atoms with Gasteiger partial charge >= 0.3 is 0 Å². The Morgan fingerprint density at radius 2 is 2.25 bits per heavy atom. The molecule has 0 spiro atoms. The van der Waals surface area contributed by atoms with E-state index in [-0.39, 0.29) is 0 Å². The van der Waals surface area contributed by atoms with Crippen LogP contribution in [-0.4, -0.2) is 21.6 Å². The number of imidazole rings is 1. The minimum atomic E-state index is 0.376. The smallest absolute Gasteiger partial charge is 0.125 e. The summed E-state index contributed by atoms with van der Waals surface area (Å²) in [7, 11) is 1.65. The molecule has 0 saturated heterocycles. The van der Waals surface area contributed by atoms with E-state index in [9.17, 15) is 0 Å².